The molecule has 172 valence electrons. The first-order valence-electron chi connectivity index (χ1n) is 10.8. The second-order valence-electron chi connectivity index (χ2n) is 7.67. The lowest BCUT2D eigenvalue weighted by molar-refractivity contribution is -0.384. The molecule has 1 amide bonds. The van der Waals surface area contributed by atoms with Crippen LogP contribution in [-0.2, 0) is 4.79 Å². The Balaban J connectivity index is 1.34. The van der Waals surface area contributed by atoms with Crippen molar-refractivity contribution in [2.75, 3.05) is 11.9 Å². The lowest BCUT2D eigenvalue weighted by Gasteiger charge is -2.13. The molecule has 35 heavy (non-hydrogen) atoms. The van der Waals surface area contributed by atoms with Crippen LogP contribution in [-0.4, -0.2) is 22.4 Å². The van der Waals surface area contributed by atoms with E-state index in [9.17, 15) is 14.9 Å². The van der Waals surface area contributed by atoms with Crippen molar-refractivity contribution >= 4 is 28.4 Å². The zero-order valence-electron chi connectivity index (χ0n) is 18.4. The zero-order valence-corrected chi connectivity index (χ0v) is 18.4. The van der Waals surface area contributed by atoms with Gasteiger partial charge in [-0.25, -0.2) is 4.98 Å². The molecule has 0 radical (unpaired) electrons. The van der Waals surface area contributed by atoms with E-state index in [4.69, 9.17) is 9.15 Å². The average Bonchev–Trinajstić information content (AvgIpc) is 3.32. The lowest BCUT2D eigenvalue weighted by atomic mass is 10.1. The summed E-state index contributed by atoms with van der Waals surface area (Å²) in [5, 5.41) is 13.9. The van der Waals surface area contributed by atoms with Crippen LogP contribution in [0.3, 0.4) is 0 Å². The number of benzene rings is 4. The van der Waals surface area contributed by atoms with Crippen LogP contribution < -0.4 is 10.1 Å². The second kappa shape index (κ2) is 9.48. The highest BCUT2D eigenvalue weighted by atomic mass is 16.6. The number of non-ortho nitro benzene ring substituents is 1. The van der Waals surface area contributed by atoms with Gasteiger partial charge in [-0.15, -0.1) is 0 Å². The second-order valence-corrected chi connectivity index (χ2v) is 7.67. The maximum absolute atomic E-state index is 12.7. The number of anilines is 1. The summed E-state index contributed by atoms with van der Waals surface area (Å²) < 4.78 is 11.6. The van der Waals surface area contributed by atoms with Crippen molar-refractivity contribution in [3.63, 3.8) is 0 Å². The minimum absolute atomic E-state index is 0.0882. The van der Waals surface area contributed by atoms with Gasteiger partial charge in [0.25, 0.3) is 11.6 Å². The Kier molecular flexibility index (Phi) is 5.92. The summed E-state index contributed by atoms with van der Waals surface area (Å²) in [7, 11) is 0. The van der Waals surface area contributed by atoms with Gasteiger partial charge in [-0.1, -0.05) is 60.7 Å². The van der Waals surface area contributed by atoms with E-state index >= 15 is 0 Å². The smallest absolute Gasteiger partial charge is 0.273 e. The molecule has 1 N–H and O–H groups in total. The van der Waals surface area contributed by atoms with Crippen LogP contribution in [0.2, 0.25) is 0 Å². The van der Waals surface area contributed by atoms with E-state index in [1.807, 2.05) is 54.6 Å². The van der Waals surface area contributed by atoms with Crippen molar-refractivity contribution in [3.8, 4) is 28.3 Å². The van der Waals surface area contributed by atoms with Gasteiger partial charge in [0, 0.05) is 11.6 Å². The van der Waals surface area contributed by atoms with Crippen LogP contribution in [0.1, 0.15) is 0 Å². The number of rotatable bonds is 7. The van der Waals surface area contributed by atoms with Gasteiger partial charge in [0.15, 0.2) is 12.2 Å². The highest BCUT2D eigenvalue weighted by molar-refractivity contribution is 5.96. The highest BCUT2D eigenvalue weighted by Gasteiger charge is 2.17. The molecule has 8 heteroatoms. The molecule has 0 unspecified atom stereocenters. The van der Waals surface area contributed by atoms with Crippen LogP contribution in [0.4, 0.5) is 11.4 Å². The standard InChI is InChI=1S/C27H19N3O5/c31-26(17-34-24-13-7-5-10-20(24)18-8-2-1-3-9-18)28-22-12-6-4-11-21(22)27-29-23-15-14-19(30(32)33)16-25(23)35-27/h1-16H,17H2,(H,28,31). The van der Waals surface area contributed by atoms with Crippen molar-refractivity contribution in [3.05, 3.63) is 107 Å². The number of nitrogens with zero attached hydrogens (tertiary/aromatic N) is 2. The molecular formula is C27H19N3O5. The van der Waals surface area contributed by atoms with Gasteiger partial charge in [0.05, 0.1) is 22.2 Å². The normalized spacial score (nSPS) is 10.7. The van der Waals surface area contributed by atoms with Crippen molar-refractivity contribution < 1.29 is 18.9 Å². The van der Waals surface area contributed by atoms with E-state index in [1.54, 1.807) is 24.3 Å². The fraction of sp³-hybridized carbons (Fsp3) is 0.0370. The molecule has 0 fully saturated rings. The number of oxazole rings is 1. The maximum atomic E-state index is 12.7. The third-order valence-electron chi connectivity index (χ3n) is 5.35. The van der Waals surface area contributed by atoms with Gasteiger partial charge < -0.3 is 14.5 Å². The molecule has 0 bridgehead atoms. The summed E-state index contributed by atoms with van der Waals surface area (Å²) in [6.07, 6.45) is 0. The van der Waals surface area contributed by atoms with E-state index < -0.39 is 4.92 Å². The first-order valence-corrected chi connectivity index (χ1v) is 10.8. The van der Waals surface area contributed by atoms with E-state index in [-0.39, 0.29) is 29.7 Å². The summed E-state index contributed by atoms with van der Waals surface area (Å²) >= 11 is 0. The van der Waals surface area contributed by atoms with Gasteiger partial charge in [-0.2, -0.15) is 0 Å². The molecule has 0 aliphatic rings. The zero-order chi connectivity index (χ0) is 24.2. The van der Waals surface area contributed by atoms with Crippen molar-refractivity contribution in [2.24, 2.45) is 0 Å². The molecule has 0 saturated carbocycles. The number of para-hydroxylation sites is 2. The largest absolute Gasteiger partial charge is 0.483 e. The Bertz CT molecular complexity index is 1530. The third-order valence-corrected chi connectivity index (χ3v) is 5.35. The van der Waals surface area contributed by atoms with Crippen LogP contribution in [0.5, 0.6) is 5.75 Å². The van der Waals surface area contributed by atoms with Crippen LogP contribution in [0, 0.1) is 10.1 Å². The van der Waals surface area contributed by atoms with Crippen molar-refractivity contribution in [1.29, 1.82) is 0 Å². The molecule has 1 heterocycles. The van der Waals surface area contributed by atoms with Crippen LogP contribution in [0.25, 0.3) is 33.7 Å². The van der Waals surface area contributed by atoms with E-state index in [1.165, 1.54) is 18.2 Å². The van der Waals surface area contributed by atoms with E-state index in [0.29, 0.717) is 22.5 Å². The summed E-state index contributed by atoms with van der Waals surface area (Å²) in [5.41, 5.74) is 3.59. The van der Waals surface area contributed by atoms with Crippen LogP contribution in [0.15, 0.2) is 101 Å². The number of carbonyl (C=O) groups is 1. The molecule has 0 atom stereocenters. The highest BCUT2D eigenvalue weighted by Crippen LogP contribution is 2.32. The topological polar surface area (TPSA) is 108 Å². The molecule has 0 aliphatic heterocycles. The minimum atomic E-state index is -0.494. The van der Waals surface area contributed by atoms with Gasteiger partial charge in [-0.3, -0.25) is 14.9 Å². The van der Waals surface area contributed by atoms with E-state index in [2.05, 4.69) is 10.3 Å². The third kappa shape index (κ3) is 4.72. The Morgan fingerprint density at radius 3 is 2.43 bits per heavy atom. The monoisotopic (exact) mass is 465 g/mol. The van der Waals surface area contributed by atoms with Gasteiger partial charge in [0.2, 0.25) is 5.89 Å². The molecule has 0 saturated heterocycles. The molecule has 8 nitrogen and oxygen atoms in total. The summed E-state index contributed by atoms with van der Waals surface area (Å²) in [6.45, 7) is -0.196. The number of carbonyl (C=O) groups excluding carboxylic acids is 1. The quantitative estimate of drug-likeness (QED) is 0.230. The average molecular weight is 465 g/mol. The first-order chi connectivity index (χ1) is 17.1. The van der Waals surface area contributed by atoms with Crippen LogP contribution >= 0.6 is 0 Å². The Hall–Kier alpha value is -4.98. The number of amides is 1. The fourth-order valence-electron chi connectivity index (χ4n) is 3.70. The van der Waals surface area contributed by atoms with Gasteiger partial charge in [-0.05, 0) is 29.8 Å². The molecular weight excluding hydrogens is 446 g/mol. The summed E-state index contributed by atoms with van der Waals surface area (Å²) in [4.78, 5) is 27.7. The Morgan fingerprint density at radius 2 is 1.63 bits per heavy atom. The fourth-order valence-corrected chi connectivity index (χ4v) is 3.70. The summed E-state index contributed by atoms with van der Waals surface area (Å²) in [6, 6.07) is 28.6. The molecule has 1 aromatic heterocycles. The number of aromatic nitrogens is 1. The SMILES string of the molecule is O=C(COc1ccccc1-c1ccccc1)Nc1ccccc1-c1nc2ccc([N+](=O)[O-])cc2o1. The number of nitro benzene ring substituents is 1. The van der Waals surface area contributed by atoms with Gasteiger partial charge in [0.1, 0.15) is 11.3 Å². The number of fused-ring (bicyclic) bond motifs is 1. The number of nitrogens with one attached hydrogen (secondary N) is 1. The van der Waals surface area contributed by atoms with E-state index in [0.717, 1.165) is 11.1 Å². The van der Waals surface area contributed by atoms with Crippen molar-refractivity contribution in [2.45, 2.75) is 0 Å². The predicted molar refractivity (Wildman–Crippen MR) is 132 cm³/mol. The molecule has 4 aromatic carbocycles. The lowest BCUT2D eigenvalue weighted by Crippen LogP contribution is -2.20. The first kappa shape index (κ1) is 21.8. The molecule has 5 rings (SSSR count). The number of ether oxygens (including phenoxy) is 1. The number of hydrogen-bond donors (Lipinski definition) is 1. The molecule has 0 aliphatic carbocycles. The summed E-state index contributed by atoms with van der Waals surface area (Å²) in [5.74, 6) is 0.487. The Morgan fingerprint density at radius 1 is 0.914 bits per heavy atom. The molecule has 0 spiro atoms. The minimum Gasteiger partial charge on any atom is -0.483 e. The van der Waals surface area contributed by atoms with Gasteiger partial charge >= 0.3 is 0 Å². The van der Waals surface area contributed by atoms with Crippen molar-refractivity contribution in [1.82, 2.24) is 4.98 Å². The Labute approximate surface area is 200 Å². The maximum Gasteiger partial charge on any atom is 0.273 e. The molecule has 5 aromatic rings. The number of hydrogen-bond acceptors (Lipinski definition) is 6. The predicted octanol–water partition coefficient (Wildman–Crippen LogP) is 6.09. The number of nitro groups is 1.